The molecule has 0 radical (unpaired) electrons. The third-order valence-corrected chi connectivity index (χ3v) is 3.28. The highest BCUT2D eigenvalue weighted by atomic mass is 16.5. The first-order valence-corrected chi connectivity index (χ1v) is 6.41. The van der Waals surface area contributed by atoms with Crippen molar-refractivity contribution >= 4 is 0 Å². The minimum atomic E-state index is -0.0613. The quantitative estimate of drug-likeness (QED) is 0.805. The summed E-state index contributed by atoms with van der Waals surface area (Å²) in [7, 11) is 1.61. The summed E-state index contributed by atoms with van der Waals surface area (Å²) in [5, 5.41) is 10.2. The lowest BCUT2D eigenvalue weighted by Crippen LogP contribution is -2.20. The fourth-order valence-electron chi connectivity index (χ4n) is 2.63. The SMILES string of the molecule is COc1c(O)cc(C(C)(C)C)c(C)c1C(C)(C)C. The van der Waals surface area contributed by atoms with Crippen molar-refractivity contribution in [3.05, 3.63) is 22.8 Å². The Bertz CT molecular complexity index is 446. The Morgan fingerprint density at radius 1 is 1.00 bits per heavy atom. The minimum Gasteiger partial charge on any atom is -0.504 e. The summed E-state index contributed by atoms with van der Waals surface area (Å²) in [6.45, 7) is 15.0. The van der Waals surface area contributed by atoms with E-state index in [9.17, 15) is 5.11 Å². The van der Waals surface area contributed by atoms with Crippen molar-refractivity contribution in [1.82, 2.24) is 0 Å². The molecule has 0 saturated heterocycles. The van der Waals surface area contributed by atoms with E-state index >= 15 is 0 Å². The van der Waals surface area contributed by atoms with Gasteiger partial charge in [0.1, 0.15) is 0 Å². The van der Waals surface area contributed by atoms with Crippen molar-refractivity contribution < 1.29 is 9.84 Å². The Morgan fingerprint density at radius 2 is 1.50 bits per heavy atom. The predicted octanol–water partition coefficient (Wildman–Crippen LogP) is 4.30. The van der Waals surface area contributed by atoms with Crippen LogP contribution in [0, 0.1) is 6.92 Å². The van der Waals surface area contributed by atoms with Gasteiger partial charge < -0.3 is 9.84 Å². The van der Waals surface area contributed by atoms with Crippen molar-refractivity contribution in [3.63, 3.8) is 0 Å². The summed E-state index contributed by atoms with van der Waals surface area (Å²) in [6.07, 6.45) is 0. The molecule has 2 heteroatoms. The summed E-state index contributed by atoms with van der Waals surface area (Å²) in [4.78, 5) is 0. The molecular weight excluding hydrogens is 224 g/mol. The van der Waals surface area contributed by atoms with E-state index in [1.807, 2.05) is 6.07 Å². The second-order valence-electron chi connectivity index (χ2n) is 6.98. The van der Waals surface area contributed by atoms with Gasteiger partial charge in [-0.15, -0.1) is 0 Å². The molecule has 0 spiro atoms. The van der Waals surface area contributed by atoms with E-state index in [0.717, 1.165) is 5.56 Å². The zero-order valence-electron chi connectivity index (χ0n) is 12.9. The van der Waals surface area contributed by atoms with Crippen LogP contribution in [-0.2, 0) is 10.8 Å². The van der Waals surface area contributed by atoms with Gasteiger partial charge in [0, 0.05) is 5.56 Å². The molecule has 0 saturated carbocycles. The second-order valence-corrected chi connectivity index (χ2v) is 6.98. The van der Waals surface area contributed by atoms with Crippen molar-refractivity contribution in [3.8, 4) is 11.5 Å². The molecule has 1 aromatic rings. The topological polar surface area (TPSA) is 29.5 Å². The lowest BCUT2D eigenvalue weighted by atomic mass is 9.76. The number of hydrogen-bond acceptors (Lipinski definition) is 2. The molecule has 1 aromatic carbocycles. The van der Waals surface area contributed by atoms with Gasteiger partial charge in [-0.05, 0) is 34.9 Å². The Hall–Kier alpha value is -1.18. The third kappa shape index (κ3) is 2.63. The highest BCUT2D eigenvalue weighted by molar-refractivity contribution is 5.57. The molecule has 1 N–H and O–H groups in total. The average molecular weight is 250 g/mol. The van der Waals surface area contributed by atoms with Crippen LogP contribution in [0.15, 0.2) is 6.07 Å². The Labute approximate surface area is 111 Å². The summed E-state index contributed by atoms with van der Waals surface area (Å²) >= 11 is 0. The highest BCUT2D eigenvalue weighted by Crippen LogP contribution is 2.44. The number of ether oxygens (including phenoxy) is 1. The number of aromatic hydroxyl groups is 1. The highest BCUT2D eigenvalue weighted by Gasteiger charge is 2.29. The van der Waals surface area contributed by atoms with Gasteiger partial charge in [0.25, 0.3) is 0 Å². The van der Waals surface area contributed by atoms with Crippen LogP contribution in [0.2, 0.25) is 0 Å². The monoisotopic (exact) mass is 250 g/mol. The summed E-state index contributed by atoms with van der Waals surface area (Å²) in [5.74, 6) is 0.839. The first-order valence-electron chi connectivity index (χ1n) is 6.41. The number of rotatable bonds is 1. The molecular formula is C16H26O2. The number of methoxy groups -OCH3 is 1. The zero-order valence-corrected chi connectivity index (χ0v) is 12.9. The number of hydrogen-bond donors (Lipinski definition) is 1. The first-order chi connectivity index (χ1) is 8.00. The van der Waals surface area contributed by atoms with Gasteiger partial charge in [-0.25, -0.2) is 0 Å². The first kappa shape index (κ1) is 14.9. The molecule has 0 aliphatic rings. The fourth-order valence-corrected chi connectivity index (χ4v) is 2.63. The standard InChI is InChI=1S/C16H26O2/c1-10-11(15(2,3)4)9-12(17)14(18-8)13(10)16(5,6)7/h9,17H,1-8H3. The summed E-state index contributed by atoms with van der Waals surface area (Å²) in [5.41, 5.74) is 3.42. The van der Waals surface area contributed by atoms with E-state index in [2.05, 4.69) is 48.5 Å². The number of phenols is 1. The van der Waals surface area contributed by atoms with E-state index in [4.69, 9.17) is 4.74 Å². The van der Waals surface area contributed by atoms with E-state index < -0.39 is 0 Å². The van der Waals surface area contributed by atoms with Crippen LogP contribution in [-0.4, -0.2) is 12.2 Å². The summed E-state index contributed by atoms with van der Waals surface area (Å²) in [6, 6.07) is 1.84. The lowest BCUT2D eigenvalue weighted by Gasteiger charge is -2.30. The van der Waals surface area contributed by atoms with Crippen LogP contribution >= 0.6 is 0 Å². The smallest absolute Gasteiger partial charge is 0.164 e. The molecule has 0 amide bonds. The fraction of sp³-hybridized carbons (Fsp3) is 0.625. The molecule has 0 aliphatic carbocycles. The molecule has 0 aliphatic heterocycles. The summed E-state index contributed by atoms with van der Waals surface area (Å²) < 4.78 is 5.40. The second kappa shape index (κ2) is 4.49. The largest absolute Gasteiger partial charge is 0.504 e. The maximum absolute atomic E-state index is 10.2. The van der Waals surface area contributed by atoms with E-state index in [0.29, 0.717) is 5.75 Å². The molecule has 2 nitrogen and oxygen atoms in total. The van der Waals surface area contributed by atoms with Crippen molar-refractivity contribution in [1.29, 1.82) is 0 Å². The van der Waals surface area contributed by atoms with Gasteiger partial charge >= 0.3 is 0 Å². The molecule has 0 aromatic heterocycles. The molecule has 0 atom stereocenters. The number of phenolic OH excluding ortho intramolecular Hbond substituents is 1. The van der Waals surface area contributed by atoms with E-state index in [1.165, 1.54) is 11.1 Å². The molecule has 18 heavy (non-hydrogen) atoms. The van der Waals surface area contributed by atoms with Gasteiger partial charge in [-0.2, -0.15) is 0 Å². The maximum Gasteiger partial charge on any atom is 0.164 e. The van der Waals surface area contributed by atoms with Crippen LogP contribution in [0.25, 0.3) is 0 Å². The molecule has 0 unspecified atom stereocenters. The van der Waals surface area contributed by atoms with E-state index in [-0.39, 0.29) is 16.6 Å². The van der Waals surface area contributed by atoms with Crippen molar-refractivity contribution in [2.45, 2.75) is 59.3 Å². The van der Waals surface area contributed by atoms with Crippen molar-refractivity contribution in [2.24, 2.45) is 0 Å². The molecule has 0 fully saturated rings. The predicted molar refractivity (Wildman–Crippen MR) is 76.8 cm³/mol. The van der Waals surface area contributed by atoms with E-state index in [1.54, 1.807) is 7.11 Å². The minimum absolute atomic E-state index is 0.00777. The van der Waals surface area contributed by atoms with Gasteiger partial charge in [-0.1, -0.05) is 41.5 Å². The lowest BCUT2D eigenvalue weighted by molar-refractivity contribution is 0.357. The Morgan fingerprint density at radius 3 is 1.83 bits per heavy atom. The molecule has 0 bridgehead atoms. The third-order valence-electron chi connectivity index (χ3n) is 3.28. The Balaban J connectivity index is 3.71. The molecule has 0 heterocycles. The molecule has 1 rings (SSSR count). The number of benzene rings is 1. The normalized spacial score (nSPS) is 12.7. The average Bonchev–Trinajstić information content (AvgIpc) is 2.16. The van der Waals surface area contributed by atoms with Crippen LogP contribution in [0.1, 0.15) is 58.2 Å². The van der Waals surface area contributed by atoms with Crippen LogP contribution in [0.3, 0.4) is 0 Å². The van der Waals surface area contributed by atoms with Gasteiger partial charge in [0.15, 0.2) is 11.5 Å². The zero-order chi connectivity index (χ0) is 14.3. The van der Waals surface area contributed by atoms with Gasteiger partial charge in [-0.3, -0.25) is 0 Å². The van der Waals surface area contributed by atoms with Crippen LogP contribution in [0.5, 0.6) is 11.5 Å². The van der Waals surface area contributed by atoms with Crippen LogP contribution in [0.4, 0.5) is 0 Å². The molecule has 102 valence electrons. The Kier molecular flexibility index (Phi) is 3.71. The van der Waals surface area contributed by atoms with Crippen molar-refractivity contribution in [2.75, 3.05) is 7.11 Å². The van der Waals surface area contributed by atoms with Crippen LogP contribution < -0.4 is 4.74 Å². The van der Waals surface area contributed by atoms with Gasteiger partial charge in [0.05, 0.1) is 7.11 Å². The maximum atomic E-state index is 10.2. The van der Waals surface area contributed by atoms with Gasteiger partial charge in [0.2, 0.25) is 0 Å².